The van der Waals surface area contributed by atoms with Gasteiger partial charge in [0.25, 0.3) is 0 Å². The van der Waals surface area contributed by atoms with Crippen LogP contribution in [0, 0.1) is 5.82 Å². The molecule has 0 atom stereocenters. The van der Waals surface area contributed by atoms with Crippen LogP contribution in [0.5, 0.6) is 0 Å². The maximum absolute atomic E-state index is 13.7. The van der Waals surface area contributed by atoms with E-state index in [1.807, 2.05) is 39.9 Å². The average Bonchev–Trinajstić information content (AvgIpc) is 3.37. The molecule has 1 N–H and O–H groups in total. The molecule has 2 amide bonds. The number of likely N-dealkylation sites (tertiary alicyclic amines) is 1. The number of para-hydroxylation sites is 2. The molecule has 7 heteroatoms. The molecule has 1 fully saturated rings. The van der Waals surface area contributed by atoms with Gasteiger partial charge in [-0.15, -0.1) is 11.8 Å². The number of hydrogen-bond donors (Lipinski definition) is 1. The molecule has 29 heavy (non-hydrogen) atoms. The topological polar surface area (TPSA) is 54.3 Å². The number of amides is 2. The van der Waals surface area contributed by atoms with Crippen molar-refractivity contribution in [2.45, 2.75) is 24.3 Å². The van der Waals surface area contributed by atoms with E-state index in [4.69, 9.17) is 0 Å². The molecule has 1 aliphatic heterocycles. The molecule has 0 saturated carbocycles. The fourth-order valence-corrected chi connectivity index (χ4v) is 4.45. The molecule has 0 unspecified atom stereocenters. The van der Waals surface area contributed by atoms with Crippen molar-refractivity contribution in [2.24, 2.45) is 0 Å². The molecular weight excluding hydrogens is 389 g/mol. The van der Waals surface area contributed by atoms with Crippen LogP contribution in [0.25, 0.3) is 10.9 Å². The molecule has 1 saturated heterocycles. The molecule has 4 rings (SSSR count). The van der Waals surface area contributed by atoms with E-state index in [9.17, 15) is 14.0 Å². The number of hydrogen-bond acceptors (Lipinski definition) is 3. The third-order valence-electron chi connectivity index (χ3n) is 5.02. The average molecular weight is 412 g/mol. The number of carbonyl (C=O) groups is 2. The number of nitrogens with zero attached hydrogens (tertiary/aromatic N) is 2. The zero-order valence-electron chi connectivity index (χ0n) is 15.9. The minimum atomic E-state index is -0.456. The van der Waals surface area contributed by atoms with Gasteiger partial charge in [-0.1, -0.05) is 30.3 Å². The van der Waals surface area contributed by atoms with Crippen molar-refractivity contribution >= 4 is 40.2 Å². The second kappa shape index (κ2) is 8.69. The summed E-state index contributed by atoms with van der Waals surface area (Å²) >= 11 is 1.38. The number of nitrogens with one attached hydrogen (secondary N) is 1. The lowest BCUT2D eigenvalue weighted by atomic mass is 10.2. The van der Waals surface area contributed by atoms with Gasteiger partial charge < -0.3 is 14.8 Å². The Morgan fingerprint density at radius 3 is 2.55 bits per heavy atom. The summed E-state index contributed by atoms with van der Waals surface area (Å²) in [6, 6.07) is 14.0. The van der Waals surface area contributed by atoms with Gasteiger partial charge in [0.2, 0.25) is 11.8 Å². The van der Waals surface area contributed by atoms with Gasteiger partial charge in [0, 0.05) is 35.1 Å². The summed E-state index contributed by atoms with van der Waals surface area (Å²) < 4.78 is 15.7. The Hall–Kier alpha value is -2.80. The summed E-state index contributed by atoms with van der Waals surface area (Å²) in [6.07, 6.45) is 4.06. The van der Waals surface area contributed by atoms with Gasteiger partial charge in [-0.2, -0.15) is 0 Å². The lowest BCUT2D eigenvalue weighted by molar-refractivity contribution is -0.130. The van der Waals surface area contributed by atoms with E-state index >= 15 is 0 Å². The highest BCUT2D eigenvalue weighted by molar-refractivity contribution is 8.00. The number of fused-ring (bicyclic) bond motifs is 1. The fourth-order valence-electron chi connectivity index (χ4n) is 3.56. The summed E-state index contributed by atoms with van der Waals surface area (Å²) in [5, 5.41) is 3.61. The van der Waals surface area contributed by atoms with Crippen LogP contribution in [-0.4, -0.2) is 40.1 Å². The Kier molecular flexibility index (Phi) is 5.85. The van der Waals surface area contributed by atoms with Crippen LogP contribution in [0.15, 0.2) is 59.6 Å². The van der Waals surface area contributed by atoms with Crippen LogP contribution in [0.4, 0.5) is 10.1 Å². The summed E-state index contributed by atoms with van der Waals surface area (Å²) in [7, 11) is 0. The fraction of sp³-hybridized carbons (Fsp3) is 0.273. The first-order valence-corrected chi connectivity index (χ1v) is 10.6. The molecule has 3 aromatic rings. The van der Waals surface area contributed by atoms with Gasteiger partial charge in [0.1, 0.15) is 12.4 Å². The van der Waals surface area contributed by atoms with Gasteiger partial charge in [0.15, 0.2) is 0 Å². The molecule has 1 aromatic heterocycles. The molecule has 150 valence electrons. The van der Waals surface area contributed by atoms with Gasteiger partial charge in [-0.05, 0) is 31.0 Å². The van der Waals surface area contributed by atoms with Gasteiger partial charge in [0.05, 0.1) is 11.4 Å². The van der Waals surface area contributed by atoms with Crippen molar-refractivity contribution in [1.82, 2.24) is 9.47 Å². The highest BCUT2D eigenvalue weighted by Gasteiger charge is 2.19. The molecule has 0 radical (unpaired) electrons. The zero-order chi connectivity index (χ0) is 20.2. The summed E-state index contributed by atoms with van der Waals surface area (Å²) in [6.45, 7) is 1.95. The number of carbonyl (C=O) groups excluding carboxylic acids is 2. The van der Waals surface area contributed by atoms with E-state index in [1.54, 1.807) is 12.1 Å². The SMILES string of the molecule is O=C(CSc1cn(CC(=O)N2CCCC2)c2ccccc12)Nc1ccccc1F. The normalized spacial score (nSPS) is 13.8. The van der Waals surface area contributed by atoms with E-state index in [0.717, 1.165) is 41.7 Å². The van der Waals surface area contributed by atoms with Crippen LogP contribution >= 0.6 is 11.8 Å². The second-order valence-corrected chi connectivity index (χ2v) is 8.06. The minimum absolute atomic E-state index is 0.122. The Balaban J connectivity index is 1.46. The highest BCUT2D eigenvalue weighted by atomic mass is 32.2. The van der Waals surface area contributed by atoms with E-state index in [1.165, 1.54) is 23.9 Å². The van der Waals surface area contributed by atoms with Crippen LogP contribution in [0.1, 0.15) is 12.8 Å². The molecule has 2 aromatic carbocycles. The third-order valence-corrected chi connectivity index (χ3v) is 6.07. The molecule has 1 aliphatic rings. The first kappa shape index (κ1) is 19.5. The lowest BCUT2D eigenvalue weighted by Crippen LogP contribution is -2.30. The van der Waals surface area contributed by atoms with E-state index < -0.39 is 5.82 Å². The van der Waals surface area contributed by atoms with E-state index in [-0.39, 0.29) is 23.3 Å². The standard InChI is InChI=1S/C22H22FN3O2S/c23-17-8-2-3-9-18(17)24-21(27)15-29-20-13-26(19-10-4-1-7-16(19)20)14-22(28)25-11-5-6-12-25/h1-4,7-10,13H,5-6,11-12,14-15H2,(H,24,27). The van der Waals surface area contributed by atoms with Crippen molar-refractivity contribution < 1.29 is 14.0 Å². The number of halogens is 1. The van der Waals surface area contributed by atoms with Crippen LogP contribution in [0.3, 0.4) is 0 Å². The summed E-state index contributed by atoms with van der Waals surface area (Å²) in [5.41, 5.74) is 1.15. The quantitative estimate of drug-likeness (QED) is 0.621. The number of anilines is 1. The largest absolute Gasteiger partial charge is 0.341 e. The smallest absolute Gasteiger partial charge is 0.242 e. The van der Waals surface area contributed by atoms with Crippen LogP contribution < -0.4 is 5.32 Å². The first-order chi connectivity index (χ1) is 14.1. The predicted octanol–water partition coefficient (Wildman–Crippen LogP) is 4.13. The molecule has 5 nitrogen and oxygen atoms in total. The van der Waals surface area contributed by atoms with E-state index in [0.29, 0.717) is 6.54 Å². The maximum atomic E-state index is 13.7. The predicted molar refractivity (Wildman–Crippen MR) is 114 cm³/mol. The van der Waals surface area contributed by atoms with Crippen LogP contribution in [-0.2, 0) is 16.1 Å². The lowest BCUT2D eigenvalue weighted by Gasteiger charge is -2.15. The van der Waals surface area contributed by atoms with Crippen molar-refractivity contribution in [1.29, 1.82) is 0 Å². The number of aromatic nitrogens is 1. The molecule has 2 heterocycles. The third kappa shape index (κ3) is 4.45. The number of thioether (sulfide) groups is 1. The van der Waals surface area contributed by atoms with Gasteiger partial charge in [-0.3, -0.25) is 9.59 Å². The first-order valence-electron chi connectivity index (χ1n) is 9.64. The Bertz CT molecular complexity index is 1040. The monoisotopic (exact) mass is 411 g/mol. The zero-order valence-corrected chi connectivity index (χ0v) is 16.8. The molecular formula is C22H22FN3O2S. The van der Waals surface area contributed by atoms with Crippen molar-refractivity contribution in [2.75, 3.05) is 24.2 Å². The Morgan fingerprint density at radius 1 is 1.03 bits per heavy atom. The second-order valence-electron chi connectivity index (χ2n) is 7.04. The van der Waals surface area contributed by atoms with E-state index in [2.05, 4.69) is 5.32 Å². The molecule has 0 spiro atoms. The van der Waals surface area contributed by atoms with Gasteiger partial charge in [-0.25, -0.2) is 4.39 Å². The van der Waals surface area contributed by atoms with Gasteiger partial charge >= 0.3 is 0 Å². The molecule has 0 bridgehead atoms. The minimum Gasteiger partial charge on any atom is -0.341 e. The Labute approximate surface area is 172 Å². The summed E-state index contributed by atoms with van der Waals surface area (Å²) in [4.78, 5) is 27.7. The van der Waals surface area contributed by atoms with Crippen molar-refractivity contribution in [3.63, 3.8) is 0 Å². The number of rotatable bonds is 6. The van der Waals surface area contributed by atoms with Crippen molar-refractivity contribution in [3.8, 4) is 0 Å². The maximum Gasteiger partial charge on any atom is 0.242 e. The summed E-state index contributed by atoms with van der Waals surface area (Å²) in [5.74, 6) is -0.451. The Morgan fingerprint density at radius 2 is 1.76 bits per heavy atom. The van der Waals surface area contributed by atoms with Crippen LogP contribution in [0.2, 0.25) is 0 Å². The van der Waals surface area contributed by atoms with Crippen molar-refractivity contribution in [3.05, 3.63) is 60.5 Å². The highest BCUT2D eigenvalue weighted by Crippen LogP contribution is 2.30. The number of benzene rings is 2. The molecule has 0 aliphatic carbocycles.